The minimum atomic E-state index is -0.358. The molecule has 0 atom stereocenters. The number of amides is 1. The predicted octanol–water partition coefficient (Wildman–Crippen LogP) is 2.07. The van der Waals surface area contributed by atoms with E-state index in [0.29, 0.717) is 11.3 Å². The number of anilines is 1. The second kappa shape index (κ2) is 5.81. The molecule has 0 bridgehead atoms. The van der Waals surface area contributed by atoms with E-state index in [1.165, 1.54) is 6.26 Å². The highest BCUT2D eigenvalue weighted by Gasteiger charge is 2.09. The van der Waals surface area contributed by atoms with Crippen molar-refractivity contribution in [3.8, 4) is 0 Å². The van der Waals surface area contributed by atoms with E-state index in [1.807, 2.05) is 25.1 Å². The van der Waals surface area contributed by atoms with Crippen molar-refractivity contribution in [1.82, 2.24) is 5.43 Å². The Balaban J connectivity index is 2.00. The van der Waals surface area contributed by atoms with Gasteiger partial charge in [0.2, 0.25) is 0 Å². The number of furan rings is 1. The maximum atomic E-state index is 11.3. The van der Waals surface area contributed by atoms with Crippen LogP contribution in [-0.2, 0) is 5.75 Å². The van der Waals surface area contributed by atoms with Crippen molar-refractivity contribution in [3.05, 3.63) is 47.4 Å². The fourth-order valence-electron chi connectivity index (χ4n) is 1.55. The minimum Gasteiger partial charge on any atom is -0.468 e. The van der Waals surface area contributed by atoms with Gasteiger partial charge in [-0.2, -0.15) is 0 Å². The summed E-state index contributed by atoms with van der Waals surface area (Å²) in [7, 11) is 0. The lowest BCUT2D eigenvalue weighted by atomic mass is 10.2. The molecule has 100 valence electrons. The van der Waals surface area contributed by atoms with E-state index in [9.17, 15) is 4.79 Å². The Labute approximate surface area is 115 Å². The molecule has 0 fully saturated rings. The molecule has 0 saturated carbocycles. The van der Waals surface area contributed by atoms with Crippen molar-refractivity contribution in [2.75, 3.05) is 5.73 Å². The number of nitrogens with two attached hydrogens (primary N) is 2. The molecule has 5 nitrogen and oxygen atoms in total. The number of nitrogens with one attached hydrogen (secondary N) is 1. The molecule has 1 heterocycles. The lowest BCUT2D eigenvalue weighted by Crippen LogP contribution is -2.29. The van der Waals surface area contributed by atoms with Gasteiger partial charge in [0.1, 0.15) is 12.0 Å². The van der Waals surface area contributed by atoms with Crippen LogP contribution in [0.25, 0.3) is 0 Å². The van der Waals surface area contributed by atoms with Gasteiger partial charge < -0.3 is 10.2 Å². The maximum Gasteiger partial charge on any atom is 0.268 e. The second-order valence-electron chi connectivity index (χ2n) is 4.08. The van der Waals surface area contributed by atoms with Crippen molar-refractivity contribution in [1.29, 1.82) is 0 Å². The Morgan fingerprint density at radius 2 is 2.21 bits per heavy atom. The number of aryl methyl sites for hydroxylation is 1. The quantitative estimate of drug-likeness (QED) is 0.261. The number of nitrogen functional groups attached to an aromatic ring is 2. The summed E-state index contributed by atoms with van der Waals surface area (Å²) in [5.74, 6) is 6.05. The molecular weight excluding hydrogens is 262 g/mol. The zero-order valence-electron chi connectivity index (χ0n) is 10.5. The average Bonchev–Trinajstić information content (AvgIpc) is 2.88. The molecule has 0 saturated heterocycles. The van der Waals surface area contributed by atoms with Crippen LogP contribution in [0, 0.1) is 6.92 Å². The van der Waals surface area contributed by atoms with Crippen molar-refractivity contribution in [2.24, 2.45) is 5.84 Å². The van der Waals surface area contributed by atoms with Crippen LogP contribution in [0.4, 0.5) is 5.69 Å². The van der Waals surface area contributed by atoms with Crippen LogP contribution in [0.15, 0.2) is 39.8 Å². The first kappa shape index (κ1) is 13.5. The third kappa shape index (κ3) is 3.30. The van der Waals surface area contributed by atoms with Crippen molar-refractivity contribution < 1.29 is 9.21 Å². The molecule has 1 amide bonds. The van der Waals surface area contributed by atoms with Gasteiger partial charge in [0, 0.05) is 10.6 Å². The lowest BCUT2D eigenvalue weighted by molar-refractivity contribution is 0.0953. The Bertz CT molecular complexity index is 595. The molecule has 2 aromatic rings. The summed E-state index contributed by atoms with van der Waals surface area (Å²) in [6, 6.07) is 7.55. The monoisotopic (exact) mass is 277 g/mol. The van der Waals surface area contributed by atoms with E-state index in [0.717, 1.165) is 21.9 Å². The Morgan fingerprint density at radius 3 is 2.89 bits per heavy atom. The first-order valence-electron chi connectivity index (χ1n) is 5.67. The molecule has 0 unspecified atom stereocenters. The Hall–Kier alpha value is -1.92. The third-order valence-electron chi connectivity index (χ3n) is 2.67. The molecule has 6 heteroatoms. The van der Waals surface area contributed by atoms with E-state index in [-0.39, 0.29) is 5.91 Å². The van der Waals surface area contributed by atoms with Gasteiger partial charge in [-0.3, -0.25) is 10.2 Å². The molecule has 5 N–H and O–H groups in total. The fraction of sp³-hybridized carbons (Fsp3) is 0.154. The number of thioether (sulfide) groups is 1. The Kier molecular flexibility index (Phi) is 4.13. The summed E-state index contributed by atoms with van der Waals surface area (Å²) in [6.07, 6.45) is 1.40. The number of carbonyl (C=O) groups excluding carboxylic acids is 1. The smallest absolute Gasteiger partial charge is 0.268 e. The number of hydrogen-bond acceptors (Lipinski definition) is 5. The molecule has 0 spiro atoms. The molecule has 1 aromatic carbocycles. The molecule has 0 radical (unpaired) electrons. The molecular formula is C13H15N3O2S. The van der Waals surface area contributed by atoms with Crippen molar-refractivity contribution in [3.63, 3.8) is 0 Å². The first-order chi connectivity index (χ1) is 9.10. The highest BCUT2D eigenvalue weighted by atomic mass is 32.2. The van der Waals surface area contributed by atoms with Crippen molar-refractivity contribution in [2.45, 2.75) is 17.6 Å². The van der Waals surface area contributed by atoms with Gasteiger partial charge in [-0.1, -0.05) is 0 Å². The molecule has 1 aromatic heterocycles. The zero-order valence-corrected chi connectivity index (χ0v) is 11.3. The predicted molar refractivity (Wildman–Crippen MR) is 75.5 cm³/mol. The molecule has 2 rings (SSSR count). The number of hydrogen-bond donors (Lipinski definition) is 3. The highest BCUT2D eigenvalue weighted by Crippen LogP contribution is 2.26. The van der Waals surface area contributed by atoms with E-state index >= 15 is 0 Å². The SMILES string of the molecule is Cc1cc(SCc2cc(C(=O)NN)co2)ccc1N. The molecule has 0 aliphatic carbocycles. The molecule has 0 aliphatic rings. The van der Waals surface area contributed by atoms with E-state index in [4.69, 9.17) is 16.0 Å². The number of hydrazine groups is 1. The minimum absolute atomic E-state index is 0.358. The second-order valence-corrected chi connectivity index (χ2v) is 5.13. The van der Waals surface area contributed by atoms with Gasteiger partial charge in [-0.25, -0.2) is 5.84 Å². The van der Waals surface area contributed by atoms with E-state index in [1.54, 1.807) is 17.8 Å². The summed E-state index contributed by atoms with van der Waals surface area (Å²) < 4.78 is 5.30. The van der Waals surface area contributed by atoms with Crippen LogP contribution < -0.4 is 17.0 Å². The van der Waals surface area contributed by atoms with Crippen LogP contribution in [0.5, 0.6) is 0 Å². The number of carbonyl (C=O) groups is 1. The normalized spacial score (nSPS) is 10.4. The largest absolute Gasteiger partial charge is 0.468 e. The van der Waals surface area contributed by atoms with Gasteiger partial charge in [-0.15, -0.1) is 11.8 Å². The zero-order chi connectivity index (χ0) is 13.8. The summed E-state index contributed by atoms with van der Waals surface area (Å²) >= 11 is 1.62. The number of benzene rings is 1. The van der Waals surface area contributed by atoms with Gasteiger partial charge in [-0.05, 0) is 36.8 Å². The Morgan fingerprint density at radius 1 is 1.42 bits per heavy atom. The van der Waals surface area contributed by atoms with Crippen LogP contribution in [-0.4, -0.2) is 5.91 Å². The standard InChI is InChI=1S/C13H15N3O2S/c1-8-4-11(2-3-12(8)14)19-7-10-5-9(6-18-10)13(17)16-15/h2-6H,7,14-15H2,1H3,(H,16,17). The first-order valence-corrected chi connectivity index (χ1v) is 6.66. The fourth-order valence-corrected chi connectivity index (χ4v) is 2.44. The van der Waals surface area contributed by atoms with E-state index in [2.05, 4.69) is 5.43 Å². The van der Waals surface area contributed by atoms with Gasteiger partial charge in [0.15, 0.2) is 0 Å². The van der Waals surface area contributed by atoms with Crippen LogP contribution in [0.2, 0.25) is 0 Å². The van der Waals surface area contributed by atoms with Crippen LogP contribution in [0.3, 0.4) is 0 Å². The maximum absolute atomic E-state index is 11.3. The molecule has 19 heavy (non-hydrogen) atoms. The topological polar surface area (TPSA) is 94.3 Å². The summed E-state index contributed by atoms with van der Waals surface area (Å²) in [4.78, 5) is 12.4. The van der Waals surface area contributed by atoms with Crippen molar-refractivity contribution >= 4 is 23.4 Å². The highest BCUT2D eigenvalue weighted by molar-refractivity contribution is 7.98. The summed E-state index contributed by atoms with van der Waals surface area (Å²) in [5.41, 5.74) is 10.1. The van der Waals surface area contributed by atoms with Crippen LogP contribution >= 0.6 is 11.8 Å². The van der Waals surface area contributed by atoms with Crippen LogP contribution in [0.1, 0.15) is 21.7 Å². The third-order valence-corrected chi connectivity index (χ3v) is 3.69. The van der Waals surface area contributed by atoms with Gasteiger partial charge in [0.05, 0.1) is 11.3 Å². The molecule has 0 aliphatic heterocycles. The summed E-state index contributed by atoms with van der Waals surface area (Å²) in [5, 5.41) is 0. The van der Waals surface area contributed by atoms with Gasteiger partial charge in [0.25, 0.3) is 5.91 Å². The summed E-state index contributed by atoms with van der Waals surface area (Å²) in [6.45, 7) is 1.97. The average molecular weight is 277 g/mol. The van der Waals surface area contributed by atoms with E-state index < -0.39 is 0 Å². The lowest BCUT2D eigenvalue weighted by Gasteiger charge is -2.03. The van der Waals surface area contributed by atoms with Gasteiger partial charge >= 0.3 is 0 Å². The number of rotatable bonds is 4.